The largest absolute Gasteiger partial charge is 0.295 e. The number of hydrogen-bond donors (Lipinski definition) is 0. The Morgan fingerprint density at radius 2 is 1.62 bits per heavy atom. The van der Waals surface area contributed by atoms with Crippen molar-refractivity contribution in [2.24, 2.45) is 0 Å². The summed E-state index contributed by atoms with van der Waals surface area (Å²) in [4.78, 5) is 12.7. The van der Waals surface area contributed by atoms with Crippen molar-refractivity contribution in [3.8, 4) is 0 Å². The number of allylic oxidation sites excluding steroid dienone is 7. The lowest BCUT2D eigenvalue weighted by molar-refractivity contribution is -0.113. The van der Waals surface area contributed by atoms with Gasteiger partial charge in [0.2, 0.25) is 0 Å². The van der Waals surface area contributed by atoms with E-state index >= 15 is 0 Å². The van der Waals surface area contributed by atoms with Crippen LogP contribution in [0.3, 0.4) is 0 Å². The molecule has 2 aliphatic carbocycles. The van der Waals surface area contributed by atoms with Crippen molar-refractivity contribution in [3.05, 3.63) is 45.7 Å². The van der Waals surface area contributed by atoms with Crippen molar-refractivity contribution < 1.29 is 4.79 Å². The SMILES string of the molecule is CCCCC=C(C(C)=O)C1=CC2=C(CCCC2)/C1=C/[Si](C(C)C)(C(C)C)C(C)C. The molecule has 29 heavy (non-hydrogen) atoms. The number of carbonyl (C=O) groups is 1. The van der Waals surface area contributed by atoms with Crippen molar-refractivity contribution >= 4 is 13.9 Å². The highest BCUT2D eigenvalue weighted by molar-refractivity contribution is 6.88. The maximum absolute atomic E-state index is 12.7. The Morgan fingerprint density at radius 1 is 1.03 bits per heavy atom. The van der Waals surface area contributed by atoms with E-state index in [1.807, 2.05) is 0 Å². The summed E-state index contributed by atoms with van der Waals surface area (Å²) in [6, 6.07) is 0. The maximum atomic E-state index is 12.7. The third kappa shape index (κ3) is 4.95. The van der Waals surface area contributed by atoms with E-state index < -0.39 is 8.07 Å². The predicted molar refractivity (Wildman–Crippen MR) is 131 cm³/mol. The lowest BCUT2D eigenvalue weighted by Gasteiger charge is -2.41. The van der Waals surface area contributed by atoms with E-state index in [0.29, 0.717) is 16.6 Å². The van der Waals surface area contributed by atoms with Gasteiger partial charge in [0.05, 0.1) is 8.07 Å². The maximum Gasteiger partial charge on any atom is 0.160 e. The molecule has 2 aliphatic rings. The molecule has 0 unspecified atom stereocenters. The highest BCUT2D eigenvalue weighted by Gasteiger charge is 2.42. The summed E-state index contributed by atoms with van der Waals surface area (Å²) in [7, 11) is -1.71. The standard InChI is InChI=1S/C27H44OSi/c1-9-10-11-15-24(22(8)28)26-17-23-14-12-13-16-25(23)27(26)18-29(19(2)3,20(4)5)21(6)7/h15,17-21H,9-14,16H2,1-8H3/b24-15?,27-18-. The molecule has 2 heteroatoms. The second-order valence-electron chi connectivity index (χ2n) is 10.1. The minimum atomic E-state index is -1.71. The monoisotopic (exact) mass is 412 g/mol. The summed E-state index contributed by atoms with van der Waals surface area (Å²) in [6.07, 6.45) is 12.9. The fourth-order valence-electron chi connectivity index (χ4n) is 5.84. The van der Waals surface area contributed by atoms with E-state index in [-0.39, 0.29) is 5.78 Å². The molecule has 0 aromatic rings. The van der Waals surface area contributed by atoms with Gasteiger partial charge in [-0.2, -0.15) is 0 Å². The van der Waals surface area contributed by atoms with Gasteiger partial charge < -0.3 is 0 Å². The molecule has 0 radical (unpaired) electrons. The summed E-state index contributed by atoms with van der Waals surface area (Å²) in [5, 5.41) is 0. The molecule has 0 fully saturated rings. The molecule has 2 rings (SSSR count). The van der Waals surface area contributed by atoms with Crippen LogP contribution in [0.4, 0.5) is 0 Å². The summed E-state index contributed by atoms with van der Waals surface area (Å²) >= 11 is 0. The van der Waals surface area contributed by atoms with Gasteiger partial charge in [-0.1, -0.05) is 79.2 Å². The van der Waals surface area contributed by atoms with Crippen LogP contribution in [0.1, 0.15) is 100 Å². The third-order valence-corrected chi connectivity index (χ3v) is 14.2. The molecule has 0 aromatic carbocycles. The van der Waals surface area contributed by atoms with Gasteiger partial charge in [-0.15, -0.1) is 0 Å². The van der Waals surface area contributed by atoms with Crippen LogP contribution in [0.15, 0.2) is 45.7 Å². The molecule has 0 amide bonds. The van der Waals surface area contributed by atoms with Crippen LogP contribution in [0.5, 0.6) is 0 Å². The molecule has 0 saturated heterocycles. The van der Waals surface area contributed by atoms with Crippen molar-refractivity contribution in [2.45, 2.75) is 117 Å². The number of ketones is 1. The molecule has 0 aromatic heterocycles. The summed E-state index contributed by atoms with van der Waals surface area (Å²) in [6.45, 7) is 18.6. The average molecular weight is 413 g/mol. The minimum Gasteiger partial charge on any atom is -0.295 e. The van der Waals surface area contributed by atoms with E-state index in [1.165, 1.54) is 48.8 Å². The number of carbonyl (C=O) groups excluding carboxylic acids is 1. The lowest BCUT2D eigenvalue weighted by atomic mass is 9.89. The second kappa shape index (κ2) is 10.2. The molecule has 0 N–H and O–H groups in total. The Balaban J connectivity index is 2.67. The van der Waals surface area contributed by atoms with Crippen molar-refractivity contribution in [1.29, 1.82) is 0 Å². The Bertz CT molecular complexity index is 706. The summed E-state index contributed by atoms with van der Waals surface area (Å²) in [5.41, 5.74) is 11.5. The first-order valence-corrected chi connectivity index (χ1v) is 14.4. The van der Waals surface area contributed by atoms with Crippen LogP contribution in [-0.4, -0.2) is 13.9 Å². The smallest absolute Gasteiger partial charge is 0.160 e. The number of rotatable bonds is 9. The number of hydrogen-bond acceptors (Lipinski definition) is 1. The number of Topliss-reactive ketones (excluding diaryl/α,β-unsaturated/α-hetero) is 1. The predicted octanol–water partition coefficient (Wildman–Crippen LogP) is 8.65. The number of unbranched alkanes of at least 4 members (excludes halogenated alkanes) is 2. The Kier molecular flexibility index (Phi) is 8.52. The van der Waals surface area contributed by atoms with E-state index in [0.717, 1.165) is 18.4 Å². The average Bonchev–Trinajstić information content (AvgIpc) is 2.99. The highest BCUT2D eigenvalue weighted by atomic mass is 28.3. The van der Waals surface area contributed by atoms with Crippen LogP contribution in [0, 0.1) is 0 Å². The van der Waals surface area contributed by atoms with Gasteiger partial charge in [-0.3, -0.25) is 4.79 Å². The molecule has 0 aliphatic heterocycles. The van der Waals surface area contributed by atoms with Crippen LogP contribution in [0.2, 0.25) is 16.6 Å². The quantitative estimate of drug-likeness (QED) is 0.210. The first kappa shape index (κ1) is 24.1. The zero-order chi connectivity index (χ0) is 21.8. The molecular weight excluding hydrogens is 368 g/mol. The second-order valence-corrected chi connectivity index (χ2v) is 15.9. The molecule has 0 saturated carbocycles. The van der Waals surface area contributed by atoms with Crippen LogP contribution >= 0.6 is 0 Å². The molecule has 0 spiro atoms. The van der Waals surface area contributed by atoms with Gasteiger partial charge in [0.25, 0.3) is 0 Å². The fraction of sp³-hybridized carbons (Fsp3) is 0.667. The lowest BCUT2D eigenvalue weighted by Crippen LogP contribution is -2.43. The topological polar surface area (TPSA) is 17.1 Å². The molecule has 0 atom stereocenters. The van der Waals surface area contributed by atoms with Gasteiger partial charge in [0.15, 0.2) is 5.78 Å². The van der Waals surface area contributed by atoms with Gasteiger partial charge in [0.1, 0.15) is 0 Å². The zero-order valence-corrected chi connectivity index (χ0v) is 21.3. The van der Waals surface area contributed by atoms with E-state index in [2.05, 4.69) is 66.3 Å². The molecule has 1 nitrogen and oxygen atoms in total. The van der Waals surface area contributed by atoms with Crippen LogP contribution in [-0.2, 0) is 4.79 Å². The van der Waals surface area contributed by atoms with Crippen LogP contribution in [0.25, 0.3) is 0 Å². The van der Waals surface area contributed by atoms with Crippen molar-refractivity contribution in [2.75, 3.05) is 0 Å². The van der Waals surface area contributed by atoms with Crippen LogP contribution < -0.4 is 0 Å². The van der Waals surface area contributed by atoms with Crippen molar-refractivity contribution in [1.82, 2.24) is 0 Å². The van der Waals surface area contributed by atoms with Gasteiger partial charge in [-0.25, -0.2) is 0 Å². The third-order valence-electron chi connectivity index (χ3n) is 7.41. The molecule has 162 valence electrons. The first-order valence-electron chi connectivity index (χ1n) is 12.1. The molecule has 0 heterocycles. The molecular formula is C27H44OSi. The molecule has 0 bridgehead atoms. The Morgan fingerprint density at radius 3 is 2.14 bits per heavy atom. The van der Waals surface area contributed by atoms with E-state index in [1.54, 1.807) is 12.5 Å². The summed E-state index contributed by atoms with van der Waals surface area (Å²) in [5.74, 6) is 0.226. The van der Waals surface area contributed by atoms with Gasteiger partial charge >= 0.3 is 0 Å². The fourth-order valence-corrected chi connectivity index (χ4v) is 11.7. The Hall–Kier alpha value is -1.15. The van der Waals surface area contributed by atoms with Crippen molar-refractivity contribution in [3.63, 3.8) is 0 Å². The normalized spacial score (nSPS) is 19.6. The minimum absolute atomic E-state index is 0.226. The van der Waals surface area contributed by atoms with Gasteiger partial charge in [0, 0.05) is 5.57 Å². The van der Waals surface area contributed by atoms with Gasteiger partial charge in [-0.05, 0) is 77.9 Å². The van der Waals surface area contributed by atoms with E-state index in [9.17, 15) is 4.79 Å². The highest BCUT2D eigenvalue weighted by Crippen LogP contribution is 2.48. The first-order chi connectivity index (χ1) is 13.7. The summed E-state index contributed by atoms with van der Waals surface area (Å²) < 4.78 is 0. The Labute approximate surface area is 181 Å². The van der Waals surface area contributed by atoms with E-state index in [4.69, 9.17) is 0 Å². The zero-order valence-electron chi connectivity index (χ0n) is 20.3.